The normalized spacial score (nSPS) is 15.8. The number of halogens is 2. The van der Waals surface area contributed by atoms with Crippen molar-refractivity contribution in [2.45, 2.75) is 0 Å². The number of nitro groups is 1. The minimum absolute atomic E-state index is 0.273. The van der Waals surface area contributed by atoms with E-state index in [1.165, 1.54) is 35.2 Å². The zero-order valence-electron chi connectivity index (χ0n) is 12.7. The minimum Gasteiger partial charge on any atom is -0.502 e. The summed E-state index contributed by atoms with van der Waals surface area (Å²) in [6.45, 7) is 0. The van der Waals surface area contributed by atoms with E-state index in [0.717, 1.165) is 11.8 Å². The number of hydrogen-bond acceptors (Lipinski definition) is 6. The van der Waals surface area contributed by atoms with Gasteiger partial charge in [-0.1, -0.05) is 53.2 Å². The van der Waals surface area contributed by atoms with Gasteiger partial charge in [-0.15, -0.1) is 0 Å². The summed E-state index contributed by atoms with van der Waals surface area (Å²) in [7, 11) is 0. The van der Waals surface area contributed by atoms with E-state index < -0.39 is 22.3 Å². The van der Waals surface area contributed by atoms with Gasteiger partial charge in [-0.3, -0.25) is 19.8 Å². The summed E-state index contributed by atoms with van der Waals surface area (Å²) in [5, 5.41) is 21.1. The maximum Gasteiger partial charge on any atom is 0.311 e. The van der Waals surface area contributed by atoms with Crippen LogP contribution >= 0.6 is 47.2 Å². The first kappa shape index (κ1) is 18.7. The average molecular weight is 427 g/mol. The Morgan fingerprint density at radius 3 is 2.62 bits per heavy atom. The van der Waals surface area contributed by atoms with Crippen molar-refractivity contribution >= 4 is 74.9 Å². The van der Waals surface area contributed by atoms with E-state index in [1.54, 1.807) is 12.1 Å². The molecule has 0 atom stereocenters. The second-order valence-electron chi connectivity index (χ2n) is 5.12. The molecule has 1 fully saturated rings. The Labute approximate surface area is 167 Å². The molecule has 1 aliphatic rings. The number of nitro benzene ring substituents is 1. The Balaban J connectivity index is 1.97. The standard InChI is InChI=1S/C16H8Cl2N2O4S2/c17-9-2-3-11(10(18)7-9)19-15(22)14(26-16(19)25)6-8-1-4-13(21)12(5-8)20(23)24/h1-7,21H/b14-6-. The summed E-state index contributed by atoms with van der Waals surface area (Å²) in [5.74, 6) is -0.854. The number of thiocarbonyl (C=S) groups is 1. The Hall–Kier alpha value is -2.13. The second-order valence-corrected chi connectivity index (χ2v) is 7.64. The van der Waals surface area contributed by atoms with E-state index in [2.05, 4.69) is 0 Å². The number of anilines is 1. The number of benzene rings is 2. The van der Waals surface area contributed by atoms with Gasteiger partial charge in [-0.25, -0.2) is 0 Å². The molecule has 0 aromatic heterocycles. The Kier molecular flexibility index (Phi) is 5.19. The van der Waals surface area contributed by atoms with Crippen molar-refractivity contribution in [2.75, 3.05) is 4.90 Å². The molecule has 6 nitrogen and oxygen atoms in total. The van der Waals surface area contributed by atoms with Gasteiger partial charge in [0.1, 0.15) is 0 Å². The number of carbonyl (C=O) groups excluding carboxylic acids is 1. The molecule has 132 valence electrons. The molecule has 0 aliphatic carbocycles. The number of thioether (sulfide) groups is 1. The molecule has 0 radical (unpaired) electrons. The van der Waals surface area contributed by atoms with E-state index in [0.29, 0.717) is 16.3 Å². The Bertz CT molecular complexity index is 994. The fourth-order valence-electron chi connectivity index (χ4n) is 2.27. The van der Waals surface area contributed by atoms with Crippen LogP contribution in [-0.2, 0) is 4.79 Å². The number of hydrogen-bond donors (Lipinski definition) is 1. The first-order valence-electron chi connectivity index (χ1n) is 6.98. The molecule has 10 heteroatoms. The fraction of sp³-hybridized carbons (Fsp3) is 0. The van der Waals surface area contributed by atoms with Gasteiger partial charge in [0, 0.05) is 11.1 Å². The van der Waals surface area contributed by atoms with E-state index in [1.807, 2.05) is 0 Å². The molecule has 2 aromatic rings. The van der Waals surface area contributed by atoms with Gasteiger partial charge >= 0.3 is 5.69 Å². The van der Waals surface area contributed by atoms with Crippen LogP contribution in [0.25, 0.3) is 6.08 Å². The summed E-state index contributed by atoms with van der Waals surface area (Å²) in [6.07, 6.45) is 1.47. The number of phenols is 1. The maximum absolute atomic E-state index is 12.7. The minimum atomic E-state index is -0.703. The Morgan fingerprint density at radius 1 is 1.23 bits per heavy atom. The first-order chi connectivity index (χ1) is 12.3. The van der Waals surface area contributed by atoms with Gasteiger partial charge < -0.3 is 5.11 Å². The third kappa shape index (κ3) is 3.54. The van der Waals surface area contributed by atoms with Crippen LogP contribution in [0.3, 0.4) is 0 Å². The molecule has 3 rings (SSSR count). The third-order valence-electron chi connectivity index (χ3n) is 3.44. The van der Waals surface area contributed by atoms with Gasteiger partial charge in [0.15, 0.2) is 10.1 Å². The van der Waals surface area contributed by atoms with Gasteiger partial charge in [-0.05, 0) is 35.9 Å². The smallest absolute Gasteiger partial charge is 0.311 e. The van der Waals surface area contributed by atoms with Gasteiger partial charge in [0.25, 0.3) is 5.91 Å². The molecule has 1 heterocycles. The lowest BCUT2D eigenvalue weighted by Crippen LogP contribution is -2.27. The zero-order chi connectivity index (χ0) is 19.0. The molecule has 0 spiro atoms. The highest BCUT2D eigenvalue weighted by atomic mass is 35.5. The summed E-state index contributed by atoms with van der Waals surface area (Å²) in [4.78, 5) is 24.5. The number of amides is 1. The highest BCUT2D eigenvalue weighted by molar-refractivity contribution is 8.27. The van der Waals surface area contributed by atoms with E-state index in [4.69, 9.17) is 35.4 Å². The largest absolute Gasteiger partial charge is 0.502 e. The fourth-order valence-corrected chi connectivity index (χ4v) is 4.04. The van der Waals surface area contributed by atoms with Crippen LogP contribution in [0.4, 0.5) is 11.4 Å². The van der Waals surface area contributed by atoms with Crippen molar-refractivity contribution in [3.8, 4) is 5.75 Å². The highest BCUT2D eigenvalue weighted by Crippen LogP contribution is 2.40. The quantitative estimate of drug-likeness (QED) is 0.321. The SMILES string of the molecule is O=C1/C(=C/c2ccc(O)c([N+](=O)[O-])c2)SC(=S)N1c1ccc(Cl)cc1Cl. The van der Waals surface area contributed by atoms with Gasteiger partial charge in [0.2, 0.25) is 0 Å². The maximum atomic E-state index is 12.7. The van der Waals surface area contributed by atoms with E-state index in [-0.39, 0.29) is 14.2 Å². The molecule has 0 unspecified atom stereocenters. The molecular formula is C16H8Cl2N2O4S2. The molecule has 0 bridgehead atoms. The number of nitrogens with zero attached hydrogens (tertiary/aromatic N) is 2. The molecule has 1 aliphatic heterocycles. The highest BCUT2D eigenvalue weighted by Gasteiger charge is 2.34. The van der Waals surface area contributed by atoms with Crippen molar-refractivity contribution in [2.24, 2.45) is 0 Å². The van der Waals surface area contributed by atoms with Gasteiger partial charge in [0.05, 0.1) is 20.5 Å². The van der Waals surface area contributed by atoms with Crippen molar-refractivity contribution < 1.29 is 14.8 Å². The molecule has 26 heavy (non-hydrogen) atoms. The summed E-state index contributed by atoms with van der Waals surface area (Å²) in [6, 6.07) is 8.52. The predicted molar refractivity (Wildman–Crippen MR) is 107 cm³/mol. The van der Waals surface area contributed by atoms with Crippen LogP contribution in [-0.4, -0.2) is 20.3 Å². The Morgan fingerprint density at radius 2 is 1.96 bits per heavy atom. The average Bonchev–Trinajstić information content (AvgIpc) is 2.83. The van der Waals surface area contributed by atoms with Crippen LogP contribution in [0, 0.1) is 10.1 Å². The van der Waals surface area contributed by atoms with E-state index >= 15 is 0 Å². The van der Waals surface area contributed by atoms with Crippen LogP contribution < -0.4 is 4.90 Å². The molecule has 1 saturated heterocycles. The van der Waals surface area contributed by atoms with Crippen molar-refractivity contribution in [3.63, 3.8) is 0 Å². The number of phenolic OH excluding ortho intramolecular Hbond substituents is 1. The predicted octanol–water partition coefficient (Wildman–Crippen LogP) is 5.01. The summed E-state index contributed by atoms with van der Waals surface area (Å²) < 4.78 is 0.277. The first-order valence-corrected chi connectivity index (χ1v) is 8.96. The lowest BCUT2D eigenvalue weighted by Gasteiger charge is -2.16. The van der Waals surface area contributed by atoms with E-state index in [9.17, 15) is 20.0 Å². The van der Waals surface area contributed by atoms with Crippen LogP contribution in [0.15, 0.2) is 41.3 Å². The van der Waals surface area contributed by atoms with Crippen LogP contribution in [0.1, 0.15) is 5.56 Å². The molecule has 1 N–H and O–H groups in total. The topological polar surface area (TPSA) is 83.7 Å². The second kappa shape index (κ2) is 7.24. The summed E-state index contributed by atoms with van der Waals surface area (Å²) >= 11 is 18.3. The third-order valence-corrected chi connectivity index (χ3v) is 5.28. The lowest BCUT2D eigenvalue weighted by molar-refractivity contribution is -0.385. The number of rotatable bonds is 3. The molecule has 1 amide bonds. The molecular weight excluding hydrogens is 419 g/mol. The zero-order valence-corrected chi connectivity index (χ0v) is 15.8. The van der Waals surface area contributed by atoms with Crippen LogP contribution in [0.2, 0.25) is 10.0 Å². The van der Waals surface area contributed by atoms with Crippen molar-refractivity contribution in [1.29, 1.82) is 0 Å². The van der Waals surface area contributed by atoms with Crippen molar-refractivity contribution in [1.82, 2.24) is 0 Å². The number of aromatic hydroxyl groups is 1. The molecule has 0 saturated carbocycles. The lowest BCUT2D eigenvalue weighted by atomic mass is 10.1. The number of carbonyl (C=O) groups is 1. The monoisotopic (exact) mass is 426 g/mol. The molecule has 2 aromatic carbocycles. The van der Waals surface area contributed by atoms with Crippen molar-refractivity contribution in [3.05, 3.63) is 67.0 Å². The van der Waals surface area contributed by atoms with Crippen LogP contribution in [0.5, 0.6) is 5.75 Å². The summed E-state index contributed by atoms with van der Waals surface area (Å²) in [5.41, 5.74) is 0.339. The van der Waals surface area contributed by atoms with Gasteiger partial charge in [-0.2, -0.15) is 0 Å².